The van der Waals surface area contributed by atoms with E-state index in [4.69, 9.17) is 5.11 Å². The first-order valence-electron chi connectivity index (χ1n) is 11.4. The minimum atomic E-state index is -0.782. The summed E-state index contributed by atoms with van der Waals surface area (Å²) in [4.78, 5) is 10.3. The molecule has 0 fully saturated rings. The van der Waals surface area contributed by atoms with E-state index < -0.39 is 5.97 Å². The summed E-state index contributed by atoms with van der Waals surface area (Å²) in [5, 5.41) is 14.8. The summed E-state index contributed by atoms with van der Waals surface area (Å²) in [6.07, 6.45) is 22.1. The number of hydrogen-bond acceptors (Lipinski definition) is 3. The summed E-state index contributed by atoms with van der Waals surface area (Å²) in [7, 11) is 0. The summed E-state index contributed by atoms with van der Waals surface area (Å²) in [5.74, 6) is -0.782. The average molecular weight is 371 g/mol. The number of hydrogen-bond donors (Lipinski definition) is 3. The van der Waals surface area contributed by atoms with Gasteiger partial charge in [0, 0.05) is 0 Å². The van der Waals surface area contributed by atoms with Crippen molar-refractivity contribution in [3.63, 3.8) is 0 Å². The van der Waals surface area contributed by atoms with Crippen molar-refractivity contribution in [1.29, 1.82) is 0 Å². The van der Waals surface area contributed by atoms with Crippen LogP contribution in [0.4, 0.5) is 0 Å². The predicted octanol–water partition coefficient (Wildman–Crippen LogP) is 5.51. The van der Waals surface area contributed by atoms with Gasteiger partial charge in [0.05, 0.1) is 6.54 Å². The molecule has 0 bridgehead atoms. The highest BCUT2D eigenvalue weighted by molar-refractivity contribution is 5.68. The molecule has 0 amide bonds. The lowest BCUT2D eigenvalue weighted by Crippen LogP contribution is -2.26. The third kappa shape index (κ3) is 23.4. The van der Waals surface area contributed by atoms with Gasteiger partial charge in [0.2, 0.25) is 0 Å². The van der Waals surface area contributed by atoms with Crippen molar-refractivity contribution in [1.82, 2.24) is 10.6 Å². The highest BCUT2D eigenvalue weighted by atomic mass is 16.4. The summed E-state index contributed by atoms with van der Waals surface area (Å²) >= 11 is 0. The van der Waals surface area contributed by atoms with Crippen molar-refractivity contribution in [2.24, 2.45) is 0 Å². The zero-order valence-corrected chi connectivity index (χ0v) is 17.5. The SMILES string of the molecule is CCCCCCCCCCCCCCCCCNCCCNCC(=O)O. The van der Waals surface area contributed by atoms with Crippen molar-refractivity contribution < 1.29 is 9.90 Å². The highest BCUT2D eigenvalue weighted by Gasteiger charge is 1.96. The van der Waals surface area contributed by atoms with Crippen LogP contribution in [-0.2, 0) is 4.79 Å². The maximum atomic E-state index is 10.3. The zero-order valence-electron chi connectivity index (χ0n) is 17.5. The molecule has 0 unspecified atom stereocenters. The Bertz CT molecular complexity index is 285. The standard InChI is InChI=1S/C22H46N2O2/c1-2-3-4-5-6-7-8-9-10-11-12-13-14-15-16-18-23-19-17-20-24-21-22(25)26/h23-24H,2-21H2,1H3,(H,25,26). The number of carbonyl (C=O) groups is 1. The second kappa shape index (κ2) is 22.4. The lowest BCUT2D eigenvalue weighted by atomic mass is 10.0. The Balaban J connectivity index is 2.98. The molecule has 0 radical (unpaired) electrons. The van der Waals surface area contributed by atoms with Gasteiger partial charge in [0.1, 0.15) is 0 Å². The van der Waals surface area contributed by atoms with E-state index in [-0.39, 0.29) is 6.54 Å². The van der Waals surface area contributed by atoms with E-state index in [1.54, 1.807) is 0 Å². The Morgan fingerprint density at radius 3 is 1.42 bits per heavy atom. The molecule has 0 rings (SSSR count). The van der Waals surface area contributed by atoms with Crippen LogP contribution in [0, 0.1) is 0 Å². The summed E-state index contributed by atoms with van der Waals surface area (Å²) < 4.78 is 0. The van der Waals surface area contributed by atoms with Gasteiger partial charge in [-0.3, -0.25) is 4.79 Å². The van der Waals surface area contributed by atoms with Crippen LogP contribution in [0.2, 0.25) is 0 Å². The van der Waals surface area contributed by atoms with E-state index in [0.29, 0.717) is 0 Å². The molecule has 0 aliphatic carbocycles. The van der Waals surface area contributed by atoms with Gasteiger partial charge in [-0.1, -0.05) is 96.8 Å². The van der Waals surface area contributed by atoms with Gasteiger partial charge in [-0.25, -0.2) is 0 Å². The molecule has 0 aliphatic heterocycles. The van der Waals surface area contributed by atoms with E-state index in [0.717, 1.165) is 26.1 Å². The summed E-state index contributed by atoms with van der Waals surface area (Å²) in [5.41, 5.74) is 0. The topological polar surface area (TPSA) is 61.4 Å². The molecular weight excluding hydrogens is 324 g/mol. The van der Waals surface area contributed by atoms with Crippen molar-refractivity contribution in [3.05, 3.63) is 0 Å². The first-order valence-corrected chi connectivity index (χ1v) is 11.4. The smallest absolute Gasteiger partial charge is 0.317 e. The Hall–Kier alpha value is -0.610. The molecule has 0 aromatic heterocycles. The van der Waals surface area contributed by atoms with Gasteiger partial charge in [-0.2, -0.15) is 0 Å². The molecule has 0 aliphatic rings. The van der Waals surface area contributed by atoms with Crippen molar-refractivity contribution in [3.8, 4) is 0 Å². The molecular formula is C22H46N2O2. The van der Waals surface area contributed by atoms with Crippen molar-refractivity contribution >= 4 is 5.97 Å². The quantitative estimate of drug-likeness (QED) is 0.220. The zero-order chi connectivity index (χ0) is 19.1. The Labute approximate surface area is 162 Å². The third-order valence-electron chi connectivity index (χ3n) is 4.94. The highest BCUT2D eigenvalue weighted by Crippen LogP contribution is 2.13. The molecule has 0 saturated heterocycles. The molecule has 4 nitrogen and oxygen atoms in total. The first kappa shape index (κ1) is 25.4. The molecule has 3 N–H and O–H groups in total. The molecule has 0 heterocycles. The van der Waals surface area contributed by atoms with Crippen LogP contribution in [0.25, 0.3) is 0 Å². The summed E-state index contributed by atoms with van der Waals surface area (Å²) in [6.45, 7) is 5.20. The number of unbranched alkanes of at least 4 members (excludes halogenated alkanes) is 14. The average Bonchev–Trinajstić information content (AvgIpc) is 2.62. The molecule has 26 heavy (non-hydrogen) atoms. The van der Waals surface area contributed by atoms with E-state index in [2.05, 4.69) is 17.6 Å². The fourth-order valence-electron chi connectivity index (χ4n) is 3.28. The van der Waals surface area contributed by atoms with Gasteiger partial charge in [-0.05, 0) is 32.5 Å². The fourth-order valence-corrected chi connectivity index (χ4v) is 3.28. The van der Waals surface area contributed by atoms with Gasteiger partial charge in [0.25, 0.3) is 0 Å². The van der Waals surface area contributed by atoms with E-state index in [9.17, 15) is 4.79 Å². The number of nitrogens with one attached hydrogen (secondary N) is 2. The minimum absolute atomic E-state index is 0.0685. The number of carboxylic acid groups (broad SMARTS) is 1. The van der Waals surface area contributed by atoms with Crippen molar-refractivity contribution in [2.75, 3.05) is 26.2 Å². The second-order valence-corrected chi connectivity index (χ2v) is 7.62. The Kier molecular flexibility index (Phi) is 21.9. The second-order valence-electron chi connectivity index (χ2n) is 7.62. The normalized spacial score (nSPS) is 11.1. The largest absolute Gasteiger partial charge is 0.480 e. The third-order valence-corrected chi connectivity index (χ3v) is 4.94. The van der Waals surface area contributed by atoms with Crippen LogP contribution in [0.3, 0.4) is 0 Å². The molecule has 0 saturated carbocycles. The van der Waals surface area contributed by atoms with Gasteiger partial charge in [0.15, 0.2) is 0 Å². The monoisotopic (exact) mass is 370 g/mol. The van der Waals surface area contributed by atoms with Crippen LogP contribution in [0.5, 0.6) is 0 Å². The maximum Gasteiger partial charge on any atom is 0.317 e. The maximum absolute atomic E-state index is 10.3. The van der Waals surface area contributed by atoms with Crippen molar-refractivity contribution in [2.45, 2.75) is 110 Å². The molecule has 0 atom stereocenters. The van der Waals surface area contributed by atoms with Crippen LogP contribution in [-0.4, -0.2) is 37.3 Å². The lowest BCUT2D eigenvalue weighted by Gasteiger charge is -2.05. The molecule has 0 aromatic carbocycles. The predicted molar refractivity (Wildman–Crippen MR) is 113 cm³/mol. The number of carboxylic acids is 1. The Morgan fingerprint density at radius 1 is 0.577 bits per heavy atom. The molecule has 4 heteroatoms. The van der Waals surface area contributed by atoms with Gasteiger partial charge < -0.3 is 15.7 Å². The van der Waals surface area contributed by atoms with Crippen LogP contribution >= 0.6 is 0 Å². The van der Waals surface area contributed by atoms with Crippen LogP contribution in [0.1, 0.15) is 110 Å². The van der Waals surface area contributed by atoms with E-state index >= 15 is 0 Å². The number of aliphatic carboxylic acids is 1. The van der Waals surface area contributed by atoms with Crippen LogP contribution in [0.15, 0.2) is 0 Å². The van der Waals surface area contributed by atoms with Crippen LogP contribution < -0.4 is 10.6 Å². The fraction of sp³-hybridized carbons (Fsp3) is 0.955. The van der Waals surface area contributed by atoms with Gasteiger partial charge >= 0.3 is 5.97 Å². The van der Waals surface area contributed by atoms with E-state index in [1.807, 2.05) is 0 Å². The van der Waals surface area contributed by atoms with Gasteiger partial charge in [-0.15, -0.1) is 0 Å². The molecule has 0 spiro atoms. The molecule has 156 valence electrons. The summed E-state index contributed by atoms with van der Waals surface area (Å²) in [6, 6.07) is 0. The first-order chi connectivity index (χ1) is 12.8. The van der Waals surface area contributed by atoms with E-state index in [1.165, 1.54) is 96.3 Å². The number of rotatable bonds is 22. The minimum Gasteiger partial charge on any atom is -0.480 e. The lowest BCUT2D eigenvalue weighted by molar-refractivity contribution is -0.135. The Morgan fingerprint density at radius 2 is 0.962 bits per heavy atom. The molecule has 0 aromatic rings.